The van der Waals surface area contributed by atoms with Gasteiger partial charge in [-0.2, -0.15) is 8.42 Å². The third-order valence-corrected chi connectivity index (χ3v) is 12.7. The molecule has 2 saturated carbocycles. The first-order valence-corrected chi connectivity index (χ1v) is 20.8. The summed E-state index contributed by atoms with van der Waals surface area (Å²) < 4.78 is 38.7. The number of carbonyl (C=O) groups excluding carboxylic acids is 5. The molecule has 3 fully saturated rings. The molecule has 0 radical (unpaired) electrons. The van der Waals surface area contributed by atoms with Crippen LogP contribution in [0.25, 0.3) is 0 Å². The van der Waals surface area contributed by atoms with E-state index in [0.717, 1.165) is 36.8 Å². The molecule has 5 aliphatic rings. The molecule has 2 aliphatic carbocycles. The topological polar surface area (TPSA) is 184 Å². The summed E-state index contributed by atoms with van der Waals surface area (Å²) in [5.41, 5.74) is -0.0468. The van der Waals surface area contributed by atoms with Crippen molar-refractivity contribution in [3.05, 3.63) is 47.5 Å². The Kier molecular flexibility index (Phi) is 11.1. The van der Waals surface area contributed by atoms with E-state index in [0.29, 0.717) is 32.5 Å². The molecule has 4 bridgehead atoms. The maximum Gasteiger partial charge on any atom is 0.410 e. The van der Waals surface area contributed by atoms with Crippen molar-refractivity contribution in [3.63, 3.8) is 0 Å². The zero-order valence-electron chi connectivity index (χ0n) is 32.8. The molecular formula is C39H56N6O9S. The fourth-order valence-corrected chi connectivity index (χ4v) is 9.07. The van der Waals surface area contributed by atoms with Gasteiger partial charge in [-0.15, -0.1) is 6.58 Å². The van der Waals surface area contributed by atoms with Gasteiger partial charge in [-0.25, -0.2) is 18.5 Å². The predicted molar refractivity (Wildman–Crippen MR) is 202 cm³/mol. The first-order chi connectivity index (χ1) is 25.8. The maximum absolute atomic E-state index is 14.7. The van der Waals surface area contributed by atoms with E-state index >= 15 is 0 Å². The average molecular weight is 785 g/mol. The number of hydrogen-bond acceptors (Lipinski definition) is 9. The molecule has 3 heterocycles. The van der Waals surface area contributed by atoms with Crippen LogP contribution in [0.15, 0.2) is 30.9 Å². The lowest BCUT2D eigenvalue weighted by Crippen LogP contribution is -2.61. The Hall–Kier alpha value is -4.18. The number of benzene rings is 1. The van der Waals surface area contributed by atoms with E-state index in [1.807, 2.05) is 51.5 Å². The summed E-state index contributed by atoms with van der Waals surface area (Å²) in [4.78, 5) is 74.8. The molecule has 0 spiro atoms. The normalized spacial score (nSPS) is 28.4. The van der Waals surface area contributed by atoms with Gasteiger partial charge in [0.1, 0.15) is 23.7 Å². The van der Waals surface area contributed by atoms with Gasteiger partial charge in [-0.1, -0.05) is 51.5 Å². The first-order valence-electron chi connectivity index (χ1n) is 19.4. The first kappa shape index (κ1) is 40.5. The highest BCUT2D eigenvalue weighted by molar-refractivity contribution is 7.85. The number of rotatable bonds is 8. The summed E-state index contributed by atoms with van der Waals surface area (Å²) >= 11 is 0. The van der Waals surface area contributed by atoms with Gasteiger partial charge in [0.2, 0.25) is 11.8 Å². The summed E-state index contributed by atoms with van der Waals surface area (Å²) in [5.74, 6) is -2.87. The Morgan fingerprint density at radius 3 is 2.44 bits per heavy atom. The van der Waals surface area contributed by atoms with Crippen molar-refractivity contribution in [3.8, 4) is 0 Å². The third kappa shape index (κ3) is 8.79. The van der Waals surface area contributed by atoms with Crippen LogP contribution in [0, 0.1) is 11.3 Å². The van der Waals surface area contributed by atoms with E-state index in [1.54, 1.807) is 16.7 Å². The Balaban J connectivity index is 1.29. The van der Waals surface area contributed by atoms with Crippen LogP contribution < -0.4 is 15.4 Å². The molecule has 1 aromatic carbocycles. The highest BCUT2D eigenvalue weighted by Crippen LogP contribution is 2.46. The van der Waals surface area contributed by atoms with Crippen molar-refractivity contribution >= 4 is 40.2 Å². The molecule has 5 atom stereocenters. The molecule has 3 aliphatic heterocycles. The average Bonchev–Trinajstić information content (AvgIpc) is 3.86. The van der Waals surface area contributed by atoms with Crippen LogP contribution in [0.1, 0.15) is 103 Å². The number of amides is 6. The molecule has 0 aromatic heterocycles. The van der Waals surface area contributed by atoms with E-state index in [-0.39, 0.29) is 25.4 Å². The predicted octanol–water partition coefficient (Wildman–Crippen LogP) is 3.66. The van der Waals surface area contributed by atoms with Gasteiger partial charge in [0.25, 0.3) is 5.91 Å². The van der Waals surface area contributed by atoms with Crippen molar-refractivity contribution in [2.24, 2.45) is 11.3 Å². The molecule has 302 valence electrons. The molecule has 6 amide bonds. The van der Waals surface area contributed by atoms with E-state index < -0.39 is 80.8 Å². The fourth-order valence-electron chi connectivity index (χ4n) is 7.92. The summed E-state index contributed by atoms with van der Waals surface area (Å²) in [6, 6.07) is 3.22. The molecule has 1 saturated heterocycles. The van der Waals surface area contributed by atoms with Crippen molar-refractivity contribution in [2.75, 3.05) is 13.1 Å². The van der Waals surface area contributed by atoms with Crippen LogP contribution in [0.3, 0.4) is 0 Å². The number of hydrogen-bond donors (Lipinski definition) is 3. The van der Waals surface area contributed by atoms with E-state index in [1.165, 1.54) is 16.5 Å². The Morgan fingerprint density at radius 2 is 1.80 bits per heavy atom. The van der Waals surface area contributed by atoms with E-state index in [9.17, 15) is 32.4 Å². The van der Waals surface area contributed by atoms with Crippen molar-refractivity contribution in [1.82, 2.24) is 30.1 Å². The lowest BCUT2D eigenvalue weighted by molar-refractivity contribution is -0.142. The Labute approximate surface area is 324 Å². The van der Waals surface area contributed by atoms with Gasteiger partial charge in [0, 0.05) is 38.0 Å². The minimum atomic E-state index is -4.49. The van der Waals surface area contributed by atoms with Gasteiger partial charge < -0.3 is 25.2 Å². The number of urea groups is 1. The van der Waals surface area contributed by atoms with Gasteiger partial charge in [-0.05, 0) is 81.4 Å². The number of ether oxygens (including phenoxy) is 1. The monoisotopic (exact) mass is 784 g/mol. The van der Waals surface area contributed by atoms with Gasteiger partial charge in [-0.3, -0.25) is 19.3 Å². The summed E-state index contributed by atoms with van der Waals surface area (Å²) in [7, 11) is -4.49. The minimum absolute atomic E-state index is 0.0726. The van der Waals surface area contributed by atoms with Gasteiger partial charge >= 0.3 is 22.4 Å². The highest BCUT2D eigenvalue weighted by Gasteiger charge is 2.62. The second-order valence-electron chi connectivity index (χ2n) is 17.4. The molecule has 1 aromatic rings. The summed E-state index contributed by atoms with van der Waals surface area (Å²) in [6.07, 6.45) is 4.40. The standard InChI is InChI=1S/C39H56N6O9S/c1-8-27-20-39(27,34(48)42-55(51,52)54-38(7)16-17-38)41-32(46)30-19-28-22-45(30)33(47)31(37(4,5)6)40-35(49)44(24(2)3)18-11-9-10-13-25-14-12-15-26-21-43(23-29(25)26)36(50)53-28/h8,12,14-15,24,27-28,30-31H,1,9-11,13,16-23H2,2-7H3,(H,40,49)(H,41,46)(H,42,48)/t27-,28-,30+,31-,39-/m1/s1. The lowest BCUT2D eigenvalue weighted by Gasteiger charge is -2.37. The van der Waals surface area contributed by atoms with Crippen LogP contribution in [-0.2, 0) is 53.1 Å². The zero-order chi connectivity index (χ0) is 40.1. The molecular weight excluding hydrogens is 729 g/mol. The molecule has 15 nitrogen and oxygen atoms in total. The van der Waals surface area contributed by atoms with Crippen molar-refractivity contribution < 1.29 is 41.3 Å². The van der Waals surface area contributed by atoms with Crippen molar-refractivity contribution in [2.45, 2.75) is 141 Å². The molecule has 3 N–H and O–H groups in total. The number of aryl methyl sites for hydroxylation is 1. The van der Waals surface area contributed by atoms with E-state index in [4.69, 9.17) is 8.92 Å². The molecule has 0 unspecified atom stereocenters. The smallest absolute Gasteiger partial charge is 0.410 e. The lowest BCUT2D eigenvalue weighted by atomic mass is 9.85. The van der Waals surface area contributed by atoms with Gasteiger partial charge in [0.05, 0.1) is 12.1 Å². The van der Waals surface area contributed by atoms with Crippen LogP contribution in [0.2, 0.25) is 0 Å². The van der Waals surface area contributed by atoms with E-state index in [2.05, 4.69) is 23.3 Å². The zero-order valence-corrected chi connectivity index (χ0v) is 33.6. The van der Waals surface area contributed by atoms with Crippen LogP contribution in [0.4, 0.5) is 9.59 Å². The minimum Gasteiger partial charge on any atom is -0.444 e. The number of nitrogens with one attached hydrogen (secondary N) is 3. The van der Waals surface area contributed by atoms with Crippen LogP contribution in [-0.4, -0.2) is 101 Å². The Bertz CT molecular complexity index is 1840. The second kappa shape index (κ2) is 15.1. The largest absolute Gasteiger partial charge is 0.444 e. The molecule has 6 rings (SSSR count). The molecule has 16 heteroatoms. The Morgan fingerprint density at radius 1 is 1.09 bits per heavy atom. The van der Waals surface area contributed by atoms with Gasteiger partial charge in [0.15, 0.2) is 0 Å². The fraction of sp³-hybridized carbons (Fsp3) is 0.667. The number of nitrogens with zero attached hydrogens (tertiary/aromatic N) is 3. The summed E-state index contributed by atoms with van der Waals surface area (Å²) in [6.45, 7) is 15.8. The van der Waals surface area contributed by atoms with Crippen molar-refractivity contribution in [1.29, 1.82) is 0 Å². The summed E-state index contributed by atoms with van der Waals surface area (Å²) in [5, 5.41) is 5.71. The third-order valence-electron chi connectivity index (χ3n) is 11.6. The quantitative estimate of drug-likeness (QED) is 0.331. The number of carbonyl (C=O) groups is 5. The van der Waals surface area contributed by atoms with Crippen LogP contribution in [0.5, 0.6) is 0 Å². The maximum atomic E-state index is 14.7. The highest BCUT2D eigenvalue weighted by atomic mass is 32.2. The SMILES string of the molecule is C=C[C@@H]1C[C@]1(NC(=O)[C@@H]1C[C@@H]2CN1C(=O)[C@H](C(C)(C)C)NC(=O)N(C(C)C)CCCCCc1cccc3c1CN(C3)C(=O)O2)C(=O)NS(=O)(=O)OC1(C)CC1. The van der Waals surface area contributed by atoms with Crippen LogP contribution >= 0.6 is 0 Å². The molecule has 55 heavy (non-hydrogen) atoms. The number of fused-ring (bicyclic) bond motifs is 3. The second-order valence-corrected chi connectivity index (χ2v) is 18.7.